The van der Waals surface area contributed by atoms with Gasteiger partial charge >= 0.3 is 6.09 Å². The number of imide groups is 1. The summed E-state index contributed by atoms with van der Waals surface area (Å²) in [6, 6.07) is 4.77. The van der Waals surface area contributed by atoms with Crippen LogP contribution in [0.5, 0.6) is 0 Å². The lowest BCUT2D eigenvalue weighted by atomic mass is 9.99. The van der Waals surface area contributed by atoms with Gasteiger partial charge in [0.15, 0.2) is 0 Å². The molecule has 4 amide bonds. The highest BCUT2D eigenvalue weighted by atomic mass is 16.6. The van der Waals surface area contributed by atoms with Gasteiger partial charge in [-0.3, -0.25) is 19.7 Å². The first-order valence-corrected chi connectivity index (χ1v) is 10.3. The average Bonchev–Trinajstić information content (AvgIpc) is 2.95. The van der Waals surface area contributed by atoms with Crippen molar-refractivity contribution in [1.82, 2.24) is 15.5 Å². The molecule has 1 fully saturated rings. The highest BCUT2D eigenvalue weighted by Crippen LogP contribution is 2.30. The van der Waals surface area contributed by atoms with E-state index < -0.39 is 29.2 Å². The molecule has 0 saturated carbocycles. The lowest BCUT2D eigenvalue weighted by Crippen LogP contribution is -2.52. The smallest absolute Gasteiger partial charge is 0.408 e. The number of piperidine rings is 1. The van der Waals surface area contributed by atoms with Crippen molar-refractivity contribution in [1.29, 1.82) is 0 Å². The van der Waals surface area contributed by atoms with Crippen LogP contribution in [-0.4, -0.2) is 45.9 Å². The predicted molar refractivity (Wildman–Crippen MR) is 115 cm³/mol. The number of nitrogens with one attached hydrogen (secondary N) is 2. The van der Waals surface area contributed by atoms with Crippen LogP contribution < -0.4 is 10.6 Å². The molecule has 0 bridgehead atoms. The van der Waals surface area contributed by atoms with Crippen LogP contribution in [-0.2, 0) is 20.9 Å². The summed E-state index contributed by atoms with van der Waals surface area (Å²) in [7, 11) is 0. The third-order valence-electron chi connectivity index (χ3n) is 5.12. The van der Waals surface area contributed by atoms with Crippen LogP contribution in [0.4, 0.5) is 4.79 Å². The van der Waals surface area contributed by atoms with Crippen molar-refractivity contribution in [3.63, 3.8) is 0 Å². The number of hydrogen-bond acceptors (Lipinski definition) is 5. The molecule has 8 nitrogen and oxygen atoms in total. The van der Waals surface area contributed by atoms with Crippen LogP contribution in [0, 0.1) is 0 Å². The minimum Gasteiger partial charge on any atom is -0.444 e. The Kier molecular flexibility index (Phi) is 5.93. The molecule has 0 radical (unpaired) electrons. The molecule has 2 aliphatic rings. The number of fused-ring (bicyclic) bond motifs is 1. The third-order valence-corrected chi connectivity index (χ3v) is 5.12. The Balaban J connectivity index is 1.76. The Morgan fingerprint density at radius 2 is 1.90 bits per heavy atom. The van der Waals surface area contributed by atoms with Crippen molar-refractivity contribution >= 4 is 29.9 Å². The van der Waals surface area contributed by atoms with Crippen molar-refractivity contribution in [3.05, 3.63) is 41.0 Å². The molecule has 8 heteroatoms. The minimum absolute atomic E-state index is 0.216. The summed E-state index contributed by atoms with van der Waals surface area (Å²) >= 11 is 0. The fourth-order valence-corrected chi connectivity index (χ4v) is 3.67. The molecule has 1 aromatic rings. The highest BCUT2D eigenvalue weighted by molar-refractivity contribution is 6.05. The second-order valence-electron chi connectivity index (χ2n) is 9.46. The number of amides is 4. The minimum atomic E-state index is -0.684. The van der Waals surface area contributed by atoms with E-state index in [9.17, 15) is 19.2 Å². The van der Waals surface area contributed by atoms with Gasteiger partial charge in [0.2, 0.25) is 11.8 Å². The standard InChI is InChI=1S/C23H29N3O5/c1-22(2,3)31-21(30)25-23(4,5)12-11-14-7-6-8-15-16(14)13-26(20(15)29)17-9-10-18(27)24-19(17)28/h6-8,11-12,17H,9-10,13H2,1-5H3,(H,25,30)(H,24,27,28)/b12-11+. The summed E-state index contributed by atoms with van der Waals surface area (Å²) in [4.78, 5) is 50.2. The number of alkyl carbamates (subject to hydrolysis) is 1. The Hall–Kier alpha value is -3.16. The number of nitrogens with zero attached hydrogens (tertiary/aromatic N) is 1. The normalized spacial score (nSPS) is 19.5. The monoisotopic (exact) mass is 427 g/mol. The fraction of sp³-hybridized carbons (Fsp3) is 0.478. The Morgan fingerprint density at radius 3 is 2.55 bits per heavy atom. The number of ether oxygens (including phenoxy) is 1. The molecular formula is C23H29N3O5. The molecule has 1 atom stereocenters. The Bertz CT molecular complexity index is 958. The van der Waals surface area contributed by atoms with Crippen molar-refractivity contribution in [2.45, 2.75) is 71.2 Å². The van der Waals surface area contributed by atoms with Gasteiger partial charge in [0, 0.05) is 18.5 Å². The maximum atomic E-state index is 12.9. The summed E-state index contributed by atoms with van der Waals surface area (Å²) in [5.41, 5.74) is 0.923. The van der Waals surface area contributed by atoms with Crippen LogP contribution in [0.3, 0.4) is 0 Å². The zero-order valence-electron chi connectivity index (χ0n) is 18.6. The quantitative estimate of drug-likeness (QED) is 0.719. The molecule has 0 spiro atoms. The number of carbonyl (C=O) groups excluding carboxylic acids is 4. The van der Waals surface area contributed by atoms with E-state index in [-0.39, 0.29) is 18.2 Å². The van der Waals surface area contributed by atoms with Crippen LogP contribution in [0.2, 0.25) is 0 Å². The van der Waals surface area contributed by atoms with Crippen LogP contribution in [0.1, 0.15) is 68.9 Å². The van der Waals surface area contributed by atoms with E-state index in [0.717, 1.165) is 11.1 Å². The molecule has 2 N–H and O–H groups in total. The van der Waals surface area contributed by atoms with Gasteiger partial charge in [0.05, 0.1) is 5.54 Å². The van der Waals surface area contributed by atoms with E-state index in [1.54, 1.807) is 32.9 Å². The zero-order valence-corrected chi connectivity index (χ0v) is 18.6. The average molecular weight is 428 g/mol. The van der Waals surface area contributed by atoms with E-state index >= 15 is 0 Å². The van der Waals surface area contributed by atoms with Gasteiger partial charge in [-0.25, -0.2) is 4.79 Å². The van der Waals surface area contributed by atoms with Gasteiger partial charge < -0.3 is 15.0 Å². The summed E-state index contributed by atoms with van der Waals surface area (Å²) in [6.07, 6.45) is 3.72. The van der Waals surface area contributed by atoms with Gasteiger partial charge in [0.1, 0.15) is 11.6 Å². The van der Waals surface area contributed by atoms with E-state index in [4.69, 9.17) is 4.74 Å². The summed E-state index contributed by atoms with van der Waals surface area (Å²) in [5, 5.41) is 5.13. The summed E-state index contributed by atoms with van der Waals surface area (Å²) in [6.45, 7) is 9.38. The maximum Gasteiger partial charge on any atom is 0.408 e. The van der Waals surface area contributed by atoms with E-state index in [1.165, 1.54) is 4.90 Å². The molecule has 3 rings (SSSR count). The van der Waals surface area contributed by atoms with Crippen molar-refractivity contribution < 1.29 is 23.9 Å². The molecule has 0 aliphatic carbocycles. The summed E-state index contributed by atoms with van der Waals surface area (Å²) < 4.78 is 5.32. The molecule has 0 aromatic heterocycles. The molecule has 31 heavy (non-hydrogen) atoms. The maximum absolute atomic E-state index is 12.9. The van der Waals surface area contributed by atoms with Gasteiger partial charge in [-0.2, -0.15) is 0 Å². The van der Waals surface area contributed by atoms with Crippen LogP contribution >= 0.6 is 0 Å². The number of benzene rings is 1. The second-order valence-corrected chi connectivity index (χ2v) is 9.46. The van der Waals surface area contributed by atoms with E-state index in [1.807, 2.05) is 32.1 Å². The largest absolute Gasteiger partial charge is 0.444 e. The lowest BCUT2D eigenvalue weighted by molar-refractivity contribution is -0.136. The highest BCUT2D eigenvalue weighted by Gasteiger charge is 2.39. The third kappa shape index (κ3) is 5.31. The first-order chi connectivity index (χ1) is 14.4. The van der Waals surface area contributed by atoms with Gasteiger partial charge in [-0.05, 0) is 58.2 Å². The van der Waals surface area contributed by atoms with Gasteiger partial charge in [0.25, 0.3) is 5.91 Å². The predicted octanol–water partition coefficient (Wildman–Crippen LogP) is 2.76. The van der Waals surface area contributed by atoms with Crippen molar-refractivity contribution in [2.24, 2.45) is 0 Å². The molecule has 166 valence electrons. The van der Waals surface area contributed by atoms with Crippen LogP contribution in [0.15, 0.2) is 24.3 Å². The molecule has 2 heterocycles. The summed E-state index contributed by atoms with van der Waals surface area (Å²) in [5.74, 6) is -0.961. The Morgan fingerprint density at radius 1 is 1.19 bits per heavy atom. The molecule has 1 aromatic carbocycles. The van der Waals surface area contributed by atoms with E-state index in [0.29, 0.717) is 18.5 Å². The van der Waals surface area contributed by atoms with Gasteiger partial charge in [-0.1, -0.05) is 24.3 Å². The molecule has 2 aliphatic heterocycles. The molecule has 1 saturated heterocycles. The van der Waals surface area contributed by atoms with Crippen molar-refractivity contribution in [3.8, 4) is 0 Å². The first kappa shape index (κ1) is 22.5. The number of hydrogen-bond donors (Lipinski definition) is 2. The number of rotatable bonds is 4. The topological polar surface area (TPSA) is 105 Å². The van der Waals surface area contributed by atoms with Crippen LogP contribution in [0.25, 0.3) is 6.08 Å². The fourth-order valence-electron chi connectivity index (χ4n) is 3.67. The lowest BCUT2D eigenvalue weighted by Gasteiger charge is -2.29. The number of carbonyl (C=O) groups is 4. The second kappa shape index (κ2) is 8.17. The first-order valence-electron chi connectivity index (χ1n) is 10.3. The van der Waals surface area contributed by atoms with Crippen molar-refractivity contribution in [2.75, 3.05) is 0 Å². The molecular weight excluding hydrogens is 398 g/mol. The Labute approximate surface area is 182 Å². The van der Waals surface area contributed by atoms with Gasteiger partial charge in [-0.15, -0.1) is 0 Å². The SMILES string of the molecule is CC(C)(/C=C/c1cccc2c1CN(C1CCC(=O)NC1=O)C2=O)NC(=O)OC(C)(C)C. The zero-order chi connectivity index (χ0) is 23.0. The van der Waals surface area contributed by atoms with E-state index in [2.05, 4.69) is 10.6 Å². The molecule has 1 unspecified atom stereocenters.